The van der Waals surface area contributed by atoms with E-state index in [2.05, 4.69) is 0 Å². The number of nitrogens with zero attached hydrogens (tertiary/aromatic N) is 1. The van der Waals surface area contributed by atoms with Crippen molar-refractivity contribution in [3.63, 3.8) is 0 Å². The van der Waals surface area contributed by atoms with Crippen molar-refractivity contribution in [2.45, 2.75) is 12.6 Å². The van der Waals surface area contributed by atoms with E-state index in [0.717, 1.165) is 4.90 Å². The van der Waals surface area contributed by atoms with Crippen LogP contribution in [0.3, 0.4) is 0 Å². The van der Waals surface area contributed by atoms with E-state index in [1.165, 1.54) is 0 Å². The van der Waals surface area contributed by atoms with Crippen molar-refractivity contribution in [3.8, 4) is 0 Å². The molecule has 0 saturated carbocycles. The van der Waals surface area contributed by atoms with Gasteiger partial charge in [-0.05, 0) is 18.2 Å². The zero-order valence-corrected chi connectivity index (χ0v) is 10.1. The van der Waals surface area contributed by atoms with Crippen LogP contribution in [-0.2, 0) is 15.8 Å². The quantitative estimate of drug-likeness (QED) is 0.842. The molecule has 1 saturated heterocycles. The molecule has 1 aromatic rings. The molecule has 4 nitrogen and oxygen atoms in total. The lowest BCUT2D eigenvalue weighted by molar-refractivity contribution is -0.137. The summed E-state index contributed by atoms with van der Waals surface area (Å²) in [5.74, 6) is -3.16. The summed E-state index contributed by atoms with van der Waals surface area (Å²) in [6.45, 7) is -0.216. The Bertz CT molecular complexity index is 571. The number of hydrogen-bond donors (Lipinski definition) is 1. The van der Waals surface area contributed by atoms with E-state index in [9.17, 15) is 27.2 Å². The summed E-state index contributed by atoms with van der Waals surface area (Å²) >= 11 is 0. The van der Waals surface area contributed by atoms with E-state index in [0.29, 0.717) is 18.2 Å². The summed E-state index contributed by atoms with van der Waals surface area (Å²) in [5, 5.41) is 0. The molecule has 0 radical (unpaired) electrons. The van der Waals surface area contributed by atoms with E-state index in [1.807, 2.05) is 0 Å². The lowest BCUT2D eigenvalue weighted by Crippen LogP contribution is -2.29. The second-order valence-corrected chi connectivity index (χ2v) is 4.47. The van der Waals surface area contributed by atoms with Crippen molar-refractivity contribution >= 4 is 17.5 Å². The highest BCUT2D eigenvalue weighted by Crippen LogP contribution is 2.34. The predicted molar refractivity (Wildman–Crippen MR) is 61.1 cm³/mol. The normalized spacial score (nSPS) is 19.5. The van der Waals surface area contributed by atoms with Gasteiger partial charge in [-0.2, -0.15) is 13.2 Å². The maximum atomic E-state index is 13.6. The molecule has 1 aromatic carbocycles. The summed E-state index contributed by atoms with van der Waals surface area (Å²) < 4.78 is 51.4. The van der Waals surface area contributed by atoms with Crippen LogP contribution in [0.1, 0.15) is 12.0 Å². The molecule has 8 heteroatoms. The summed E-state index contributed by atoms with van der Waals surface area (Å²) in [7, 11) is 0. The van der Waals surface area contributed by atoms with E-state index in [1.54, 1.807) is 0 Å². The molecule has 2 N–H and O–H groups in total. The Balaban J connectivity index is 2.38. The maximum Gasteiger partial charge on any atom is 0.416 e. The Kier molecular flexibility index (Phi) is 3.41. The van der Waals surface area contributed by atoms with Crippen LogP contribution < -0.4 is 10.6 Å². The van der Waals surface area contributed by atoms with Gasteiger partial charge in [0.15, 0.2) is 0 Å². The number of anilines is 1. The van der Waals surface area contributed by atoms with Crippen LogP contribution in [0.25, 0.3) is 0 Å². The minimum Gasteiger partial charge on any atom is -0.369 e. The van der Waals surface area contributed by atoms with Gasteiger partial charge in [-0.1, -0.05) is 0 Å². The Labute approximate surface area is 111 Å². The number of carbonyl (C=O) groups is 2. The third-order valence-corrected chi connectivity index (χ3v) is 3.09. The highest BCUT2D eigenvalue weighted by atomic mass is 19.4. The smallest absolute Gasteiger partial charge is 0.369 e. The molecule has 1 atom stereocenters. The van der Waals surface area contributed by atoms with E-state index in [-0.39, 0.29) is 13.0 Å². The van der Waals surface area contributed by atoms with E-state index in [4.69, 9.17) is 5.73 Å². The van der Waals surface area contributed by atoms with Gasteiger partial charge in [0.25, 0.3) is 0 Å². The zero-order chi connectivity index (χ0) is 15.1. The van der Waals surface area contributed by atoms with Gasteiger partial charge in [0.05, 0.1) is 17.2 Å². The Morgan fingerprint density at radius 2 is 2.00 bits per heavy atom. The molecule has 108 valence electrons. The van der Waals surface area contributed by atoms with E-state index < -0.39 is 41.0 Å². The van der Waals surface area contributed by atoms with Gasteiger partial charge in [-0.3, -0.25) is 9.59 Å². The van der Waals surface area contributed by atoms with Crippen LogP contribution in [0.2, 0.25) is 0 Å². The topological polar surface area (TPSA) is 63.4 Å². The molecule has 0 aliphatic carbocycles. The van der Waals surface area contributed by atoms with Crippen LogP contribution in [0.4, 0.5) is 23.2 Å². The molecule has 1 aliphatic rings. The molecule has 0 bridgehead atoms. The molecule has 1 unspecified atom stereocenters. The molecule has 20 heavy (non-hydrogen) atoms. The van der Waals surface area contributed by atoms with Crippen LogP contribution in [-0.4, -0.2) is 18.4 Å². The molecule has 1 heterocycles. The molecular weight excluding hydrogens is 280 g/mol. The fraction of sp³-hybridized carbons (Fsp3) is 0.333. The first-order valence-electron chi connectivity index (χ1n) is 5.66. The summed E-state index contributed by atoms with van der Waals surface area (Å²) in [5.41, 5.74) is 3.49. The standard InChI is InChI=1S/C12H10F4N2O2/c13-8-2-1-7(12(14,15)16)4-9(8)18-5-6(11(17)20)3-10(18)19/h1-2,4,6H,3,5H2,(H2,17,20). The van der Waals surface area contributed by atoms with Gasteiger partial charge < -0.3 is 10.6 Å². The fourth-order valence-electron chi connectivity index (χ4n) is 2.03. The van der Waals surface area contributed by atoms with Crippen LogP contribution in [0.15, 0.2) is 18.2 Å². The first-order chi connectivity index (χ1) is 9.20. The van der Waals surface area contributed by atoms with Crippen LogP contribution >= 0.6 is 0 Å². The monoisotopic (exact) mass is 290 g/mol. The van der Waals surface area contributed by atoms with Gasteiger partial charge in [0.1, 0.15) is 5.82 Å². The molecular formula is C12H10F4N2O2. The van der Waals surface area contributed by atoms with Crippen molar-refractivity contribution in [2.75, 3.05) is 11.4 Å². The van der Waals surface area contributed by atoms with Gasteiger partial charge >= 0.3 is 6.18 Å². The van der Waals surface area contributed by atoms with Crippen molar-refractivity contribution in [3.05, 3.63) is 29.6 Å². The van der Waals surface area contributed by atoms with Crippen molar-refractivity contribution < 1.29 is 27.2 Å². The second kappa shape index (κ2) is 4.77. The Hall–Kier alpha value is -2.12. The largest absolute Gasteiger partial charge is 0.416 e. The van der Waals surface area contributed by atoms with E-state index >= 15 is 0 Å². The second-order valence-electron chi connectivity index (χ2n) is 4.47. The van der Waals surface area contributed by atoms with Gasteiger partial charge in [-0.25, -0.2) is 4.39 Å². The Morgan fingerprint density at radius 1 is 1.35 bits per heavy atom. The van der Waals surface area contributed by atoms with Gasteiger partial charge in [0, 0.05) is 13.0 Å². The molecule has 0 aromatic heterocycles. The van der Waals surface area contributed by atoms with Crippen molar-refractivity contribution in [1.82, 2.24) is 0 Å². The van der Waals surface area contributed by atoms with Gasteiger partial charge in [-0.15, -0.1) is 0 Å². The molecule has 1 aliphatic heterocycles. The average molecular weight is 290 g/mol. The third kappa shape index (κ3) is 2.59. The predicted octanol–water partition coefficient (Wildman–Crippen LogP) is 1.68. The van der Waals surface area contributed by atoms with Crippen molar-refractivity contribution in [2.24, 2.45) is 11.7 Å². The van der Waals surface area contributed by atoms with Crippen molar-refractivity contribution in [1.29, 1.82) is 0 Å². The number of primary amides is 1. The number of rotatable bonds is 2. The summed E-state index contributed by atoms with van der Waals surface area (Å²) in [6.07, 6.45) is -4.88. The number of amides is 2. The number of carbonyl (C=O) groups excluding carboxylic acids is 2. The van der Waals surface area contributed by atoms with Crippen LogP contribution in [0, 0.1) is 11.7 Å². The lowest BCUT2D eigenvalue weighted by Gasteiger charge is -2.18. The third-order valence-electron chi connectivity index (χ3n) is 3.09. The first-order valence-corrected chi connectivity index (χ1v) is 5.66. The average Bonchev–Trinajstić information content (AvgIpc) is 2.70. The molecule has 0 spiro atoms. The number of halogens is 4. The maximum absolute atomic E-state index is 13.6. The number of alkyl halides is 3. The SMILES string of the molecule is NC(=O)C1CC(=O)N(c2cc(C(F)(F)F)ccc2F)C1. The molecule has 1 fully saturated rings. The first kappa shape index (κ1) is 14.3. The highest BCUT2D eigenvalue weighted by Gasteiger charge is 2.37. The Morgan fingerprint density at radius 3 is 2.50 bits per heavy atom. The fourth-order valence-corrected chi connectivity index (χ4v) is 2.03. The zero-order valence-electron chi connectivity index (χ0n) is 10.1. The minimum atomic E-state index is -4.64. The highest BCUT2D eigenvalue weighted by molar-refractivity contribution is 6.00. The van der Waals surface area contributed by atoms with Gasteiger partial charge in [0.2, 0.25) is 11.8 Å². The number of benzene rings is 1. The van der Waals surface area contributed by atoms with Crippen LogP contribution in [0.5, 0.6) is 0 Å². The molecule has 2 amide bonds. The molecule has 2 rings (SSSR count). The minimum absolute atomic E-state index is 0.216. The summed E-state index contributed by atoms with van der Waals surface area (Å²) in [6, 6.07) is 1.78. The summed E-state index contributed by atoms with van der Waals surface area (Å²) in [4.78, 5) is 23.5. The lowest BCUT2D eigenvalue weighted by atomic mass is 10.1. The number of nitrogens with two attached hydrogens (primary N) is 1. The number of hydrogen-bond acceptors (Lipinski definition) is 2.